The lowest BCUT2D eigenvalue weighted by molar-refractivity contribution is -0.127. The third-order valence-electron chi connectivity index (χ3n) is 5.52. The van der Waals surface area contributed by atoms with Crippen LogP contribution in [0.5, 0.6) is 0 Å². The number of nitrogens with two attached hydrogens (primary N) is 2. The number of aliphatic imine (C=N–C) groups is 1. The van der Waals surface area contributed by atoms with Crippen molar-refractivity contribution in [2.75, 3.05) is 25.0 Å². The van der Waals surface area contributed by atoms with Gasteiger partial charge in [-0.1, -0.05) is 19.9 Å². The van der Waals surface area contributed by atoms with Gasteiger partial charge in [0, 0.05) is 41.9 Å². The van der Waals surface area contributed by atoms with Gasteiger partial charge >= 0.3 is 0 Å². The summed E-state index contributed by atoms with van der Waals surface area (Å²) in [7, 11) is 0. The maximum absolute atomic E-state index is 13.9. The Bertz CT molecular complexity index is 1120. The summed E-state index contributed by atoms with van der Waals surface area (Å²) in [6, 6.07) is 9.47. The predicted octanol–water partition coefficient (Wildman–Crippen LogP) is 4.00. The zero-order valence-electron chi connectivity index (χ0n) is 19.7. The highest BCUT2D eigenvalue weighted by Crippen LogP contribution is 2.29. The number of carbonyl (C=O) groups is 2. The average Bonchev–Trinajstić information content (AvgIpc) is 2.98. The van der Waals surface area contributed by atoms with Crippen LogP contribution in [0.2, 0.25) is 0 Å². The molecule has 7 nitrogen and oxygen atoms in total. The summed E-state index contributed by atoms with van der Waals surface area (Å²) in [5, 5.41) is 2.79. The van der Waals surface area contributed by atoms with E-state index >= 15 is 0 Å². The second kappa shape index (κ2) is 11.6. The van der Waals surface area contributed by atoms with Crippen LogP contribution in [0.4, 0.5) is 15.8 Å². The first-order valence-corrected chi connectivity index (χ1v) is 11.6. The van der Waals surface area contributed by atoms with Gasteiger partial charge in [0.05, 0.1) is 5.69 Å². The molecular formula is C26H32FN5O2. The van der Waals surface area contributed by atoms with Gasteiger partial charge in [0.2, 0.25) is 5.91 Å². The third-order valence-corrected chi connectivity index (χ3v) is 5.52. The highest BCUT2D eigenvalue weighted by molar-refractivity contribution is 6.07. The summed E-state index contributed by atoms with van der Waals surface area (Å²) >= 11 is 0. The van der Waals surface area contributed by atoms with Gasteiger partial charge in [-0.25, -0.2) is 9.38 Å². The Morgan fingerprint density at radius 3 is 2.53 bits per heavy atom. The normalized spacial score (nSPS) is 12.8. The third kappa shape index (κ3) is 6.08. The molecule has 1 aliphatic rings. The van der Waals surface area contributed by atoms with E-state index in [1.165, 1.54) is 12.1 Å². The van der Waals surface area contributed by atoms with E-state index in [-0.39, 0.29) is 24.1 Å². The summed E-state index contributed by atoms with van der Waals surface area (Å²) in [5.41, 5.74) is 14.8. The highest BCUT2D eigenvalue weighted by Gasteiger charge is 2.21. The molecule has 8 heteroatoms. The molecule has 0 fully saturated rings. The number of amides is 2. The standard InChI is InChI=1S/C26H32FN5O2/c1-3-11-32(12-4-2)26(34)20-13-18-5-6-19(15-23(18)31-24(29)16-20)25(33)30-21-7-8-22(27)17(14-21)9-10-28/h5-8,13-15H,3-4,9-12,16,28H2,1-2H3,(H2,29,31)(H,30,33). The number of nitrogens with zero attached hydrogens (tertiary/aromatic N) is 2. The number of fused-ring (bicyclic) bond motifs is 1. The molecule has 2 aromatic rings. The van der Waals surface area contributed by atoms with Gasteiger partial charge in [0.25, 0.3) is 5.91 Å². The molecule has 0 radical (unpaired) electrons. The zero-order valence-corrected chi connectivity index (χ0v) is 19.7. The summed E-state index contributed by atoms with van der Waals surface area (Å²) in [6.45, 7) is 5.76. The summed E-state index contributed by atoms with van der Waals surface area (Å²) in [6.07, 6.45) is 4.18. The number of benzene rings is 2. The predicted molar refractivity (Wildman–Crippen MR) is 135 cm³/mol. The Morgan fingerprint density at radius 2 is 1.85 bits per heavy atom. The van der Waals surface area contributed by atoms with Crippen molar-refractivity contribution in [1.82, 2.24) is 4.90 Å². The quantitative estimate of drug-likeness (QED) is 0.519. The van der Waals surface area contributed by atoms with Gasteiger partial charge in [0.15, 0.2) is 0 Å². The average molecular weight is 466 g/mol. The molecule has 3 rings (SSSR count). The summed E-state index contributed by atoms with van der Waals surface area (Å²) in [5.74, 6) is -0.440. The first kappa shape index (κ1) is 25.1. The van der Waals surface area contributed by atoms with E-state index in [4.69, 9.17) is 11.5 Å². The van der Waals surface area contributed by atoms with E-state index < -0.39 is 0 Å². The van der Waals surface area contributed by atoms with Gasteiger partial charge in [-0.15, -0.1) is 0 Å². The molecule has 0 aliphatic carbocycles. The van der Waals surface area contributed by atoms with Crippen molar-refractivity contribution in [1.29, 1.82) is 0 Å². The van der Waals surface area contributed by atoms with Gasteiger partial charge in [-0.3, -0.25) is 9.59 Å². The number of nitrogens with one attached hydrogen (secondary N) is 1. The molecule has 1 aliphatic heterocycles. The lowest BCUT2D eigenvalue weighted by Gasteiger charge is -2.22. The Labute approximate surface area is 199 Å². The Kier molecular flexibility index (Phi) is 8.54. The Balaban J connectivity index is 1.85. The second-order valence-corrected chi connectivity index (χ2v) is 8.31. The van der Waals surface area contributed by atoms with Crippen LogP contribution in [0.3, 0.4) is 0 Å². The summed E-state index contributed by atoms with van der Waals surface area (Å²) < 4.78 is 13.9. The Morgan fingerprint density at radius 1 is 1.12 bits per heavy atom. The number of anilines is 1. The number of rotatable bonds is 9. The minimum atomic E-state index is -0.358. The lowest BCUT2D eigenvalue weighted by atomic mass is 10.0. The van der Waals surface area contributed by atoms with Crippen LogP contribution in [0.15, 0.2) is 47.0 Å². The van der Waals surface area contributed by atoms with E-state index in [1.54, 1.807) is 30.3 Å². The minimum absolute atomic E-state index is 0.0406. The number of hydrogen-bond donors (Lipinski definition) is 3. The molecule has 5 N–H and O–H groups in total. The number of carbonyl (C=O) groups excluding carboxylic acids is 2. The van der Waals surface area contributed by atoms with Crippen LogP contribution in [0.1, 0.15) is 54.6 Å². The van der Waals surface area contributed by atoms with E-state index in [9.17, 15) is 14.0 Å². The zero-order chi connectivity index (χ0) is 24.7. The van der Waals surface area contributed by atoms with Crippen LogP contribution < -0.4 is 16.8 Å². The highest BCUT2D eigenvalue weighted by atomic mass is 19.1. The number of amidine groups is 1. The van der Waals surface area contributed by atoms with Gasteiger partial charge in [-0.05, 0) is 67.8 Å². The molecular weight excluding hydrogens is 433 g/mol. The SMILES string of the molecule is CCCN(CCC)C(=O)C1=Cc2ccc(C(=O)Nc3ccc(F)c(CCN)c3)cc2N=C(N)C1. The van der Waals surface area contributed by atoms with E-state index in [2.05, 4.69) is 10.3 Å². The second-order valence-electron chi connectivity index (χ2n) is 8.31. The maximum Gasteiger partial charge on any atom is 0.255 e. The molecule has 34 heavy (non-hydrogen) atoms. The Hall–Kier alpha value is -3.52. The van der Waals surface area contributed by atoms with Crippen LogP contribution in [-0.4, -0.2) is 42.2 Å². The topological polar surface area (TPSA) is 114 Å². The van der Waals surface area contributed by atoms with E-state index in [0.717, 1.165) is 18.4 Å². The van der Waals surface area contributed by atoms with Crippen LogP contribution in [0, 0.1) is 5.82 Å². The number of hydrogen-bond acceptors (Lipinski definition) is 5. The summed E-state index contributed by atoms with van der Waals surface area (Å²) in [4.78, 5) is 32.2. The van der Waals surface area contributed by atoms with Crippen molar-refractivity contribution in [3.8, 4) is 0 Å². The van der Waals surface area contributed by atoms with Crippen molar-refractivity contribution in [2.24, 2.45) is 16.5 Å². The van der Waals surface area contributed by atoms with Gasteiger partial charge in [0.1, 0.15) is 11.7 Å². The van der Waals surface area contributed by atoms with Crippen LogP contribution >= 0.6 is 0 Å². The fraction of sp³-hybridized carbons (Fsp3) is 0.346. The fourth-order valence-electron chi connectivity index (χ4n) is 3.93. The molecule has 0 unspecified atom stereocenters. The largest absolute Gasteiger partial charge is 0.387 e. The van der Waals surface area contributed by atoms with Gasteiger partial charge in [-0.2, -0.15) is 0 Å². The monoisotopic (exact) mass is 465 g/mol. The first-order chi connectivity index (χ1) is 16.4. The van der Waals surface area contributed by atoms with E-state index in [0.29, 0.717) is 60.0 Å². The molecule has 0 spiro atoms. The van der Waals surface area contributed by atoms with Crippen molar-refractivity contribution in [3.63, 3.8) is 0 Å². The van der Waals surface area contributed by atoms with E-state index in [1.807, 2.05) is 18.7 Å². The smallest absolute Gasteiger partial charge is 0.255 e. The molecule has 180 valence electrons. The minimum Gasteiger partial charge on any atom is -0.387 e. The molecule has 0 saturated carbocycles. The molecule has 0 saturated heterocycles. The fourth-order valence-corrected chi connectivity index (χ4v) is 3.93. The van der Waals surface area contributed by atoms with Crippen molar-refractivity contribution in [3.05, 3.63) is 64.5 Å². The lowest BCUT2D eigenvalue weighted by Crippen LogP contribution is -2.34. The van der Waals surface area contributed by atoms with Gasteiger partial charge < -0.3 is 21.7 Å². The molecule has 0 atom stereocenters. The van der Waals surface area contributed by atoms with Crippen molar-refractivity contribution < 1.29 is 14.0 Å². The molecule has 0 aromatic heterocycles. The number of halogens is 1. The molecule has 1 heterocycles. The molecule has 2 aromatic carbocycles. The van der Waals surface area contributed by atoms with Crippen molar-refractivity contribution >= 4 is 35.1 Å². The first-order valence-electron chi connectivity index (χ1n) is 11.6. The van der Waals surface area contributed by atoms with Crippen molar-refractivity contribution in [2.45, 2.75) is 39.5 Å². The maximum atomic E-state index is 13.9. The molecule has 2 amide bonds. The molecule has 0 bridgehead atoms. The van der Waals surface area contributed by atoms with Crippen LogP contribution in [-0.2, 0) is 11.2 Å². The van der Waals surface area contributed by atoms with Crippen LogP contribution in [0.25, 0.3) is 6.08 Å².